The molecule has 0 bridgehead atoms. The molecule has 3 aromatic rings. The molecule has 2 N–H and O–H groups in total. The minimum atomic E-state index is -1.09. The van der Waals surface area contributed by atoms with Gasteiger partial charge >= 0.3 is 5.69 Å². The van der Waals surface area contributed by atoms with Crippen LogP contribution in [-0.4, -0.2) is 44.8 Å². The monoisotopic (exact) mass is 482 g/mol. The van der Waals surface area contributed by atoms with Crippen LogP contribution in [0, 0.1) is 13.8 Å². The van der Waals surface area contributed by atoms with E-state index in [0.717, 1.165) is 16.0 Å². The van der Waals surface area contributed by atoms with Crippen molar-refractivity contribution in [2.45, 2.75) is 54.8 Å². The lowest BCUT2D eigenvalue weighted by Gasteiger charge is -2.48. The van der Waals surface area contributed by atoms with Gasteiger partial charge in [0.15, 0.2) is 12.5 Å². The maximum atomic E-state index is 12.6. The number of nitrogens with one attached hydrogen (secondary N) is 1. The van der Waals surface area contributed by atoms with Crippen LogP contribution >= 0.6 is 11.8 Å². The number of hydrogen-bond acceptors (Lipinski definition) is 7. The van der Waals surface area contributed by atoms with Crippen molar-refractivity contribution in [2.24, 2.45) is 0 Å². The number of aliphatic hydroxyl groups excluding tert-OH is 1. The van der Waals surface area contributed by atoms with Gasteiger partial charge in [0, 0.05) is 22.2 Å². The van der Waals surface area contributed by atoms with E-state index in [-0.39, 0.29) is 6.61 Å². The Morgan fingerprint density at radius 3 is 2.50 bits per heavy atom. The molecule has 0 radical (unpaired) electrons. The molecule has 9 heteroatoms. The average molecular weight is 483 g/mol. The van der Waals surface area contributed by atoms with Crippen LogP contribution in [0.4, 0.5) is 0 Å². The van der Waals surface area contributed by atoms with Crippen molar-refractivity contribution in [1.82, 2.24) is 9.55 Å². The van der Waals surface area contributed by atoms with E-state index in [9.17, 15) is 14.7 Å². The van der Waals surface area contributed by atoms with Crippen LogP contribution in [0.25, 0.3) is 0 Å². The number of ether oxygens (including phenoxy) is 3. The second-order valence-electron chi connectivity index (χ2n) is 8.61. The average Bonchev–Trinajstić information content (AvgIpc) is 2.85. The Kier molecular flexibility index (Phi) is 6.46. The number of nitrogens with zero attached hydrogens (tertiary/aromatic N) is 1. The lowest BCUT2D eigenvalue weighted by molar-refractivity contribution is -0.309. The minimum Gasteiger partial charge on any atom is -0.387 e. The molecule has 1 unspecified atom stereocenters. The van der Waals surface area contributed by atoms with Crippen LogP contribution in [0.3, 0.4) is 0 Å². The Hall–Kier alpha value is -2.69. The Labute approximate surface area is 200 Å². The van der Waals surface area contributed by atoms with Gasteiger partial charge in [-0.2, -0.15) is 0 Å². The fourth-order valence-corrected chi connectivity index (χ4v) is 5.52. The van der Waals surface area contributed by atoms with E-state index < -0.39 is 47.3 Å². The molecule has 0 amide bonds. The van der Waals surface area contributed by atoms with E-state index in [1.807, 2.05) is 61.5 Å². The number of aromatic amines is 1. The summed E-state index contributed by atoms with van der Waals surface area (Å²) in [4.78, 5) is 27.7. The topological polar surface area (TPSA) is 103 Å². The zero-order chi connectivity index (χ0) is 23.8. The Balaban J connectivity index is 1.50. The lowest BCUT2D eigenvalue weighted by atomic mass is 9.99. The Morgan fingerprint density at radius 2 is 1.76 bits per heavy atom. The van der Waals surface area contributed by atoms with E-state index in [1.165, 1.54) is 22.5 Å². The second-order valence-corrected chi connectivity index (χ2v) is 9.86. The summed E-state index contributed by atoms with van der Waals surface area (Å²) in [6.45, 7) is 3.85. The van der Waals surface area contributed by atoms with E-state index in [2.05, 4.69) is 4.98 Å². The first kappa shape index (κ1) is 23.1. The van der Waals surface area contributed by atoms with Gasteiger partial charge in [0.1, 0.15) is 18.3 Å². The van der Waals surface area contributed by atoms with Crippen molar-refractivity contribution in [3.8, 4) is 0 Å². The van der Waals surface area contributed by atoms with E-state index in [1.54, 1.807) is 6.92 Å². The Morgan fingerprint density at radius 1 is 1.03 bits per heavy atom. The fraction of sp³-hybridized carbons (Fsp3) is 0.360. The molecular formula is C25H26N2O6S. The highest BCUT2D eigenvalue weighted by Crippen LogP contribution is 2.43. The van der Waals surface area contributed by atoms with Gasteiger partial charge in [0.05, 0.1) is 11.9 Å². The first-order valence-corrected chi connectivity index (χ1v) is 12.0. The maximum absolute atomic E-state index is 12.6. The van der Waals surface area contributed by atoms with Gasteiger partial charge in [-0.15, -0.1) is 11.8 Å². The van der Waals surface area contributed by atoms with Crippen LogP contribution in [0.2, 0.25) is 0 Å². The highest BCUT2D eigenvalue weighted by Gasteiger charge is 2.50. The number of benzene rings is 2. The molecule has 3 heterocycles. The van der Waals surface area contributed by atoms with E-state index in [4.69, 9.17) is 14.2 Å². The molecule has 2 saturated heterocycles. The summed E-state index contributed by atoms with van der Waals surface area (Å²) >= 11 is 1.48. The zero-order valence-electron chi connectivity index (χ0n) is 18.8. The van der Waals surface area contributed by atoms with E-state index in [0.29, 0.717) is 5.56 Å². The van der Waals surface area contributed by atoms with Gasteiger partial charge in [-0.3, -0.25) is 14.3 Å². The molecule has 178 valence electrons. The van der Waals surface area contributed by atoms with Gasteiger partial charge in [-0.1, -0.05) is 48.0 Å². The standard InChI is InChI=1S/C25H26N2O6S/c1-14-8-10-17(11-9-14)34-21-19(28)23(27-12-15(2)22(29)26-25(27)30)32-18-13-31-24(33-20(18)21)16-6-4-3-5-7-16/h3-12,18-21,23-24,28H,13H2,1-2H3,(H,26,29,30)/t18-,19-,20-,21+,23-,24?/m1/s1. The normalized spacial score (nSPS) is 28.9. The smallest absolute Gasteiger partial charge is 0.330 e. The van der Waals surface area contributed by atoms with Crippen molar-refractivity contribution in [2.75, 3.05) is 6.61 Å². The predicted molar refractivity (Wildman–Crippen MR) is 127 cm³/mol. The van der Waals surface area contributed by atoms with Crippen molar-refractivity contribution in [3.05, 3.63) is 98.3 Å². The molecule has 2 fully saturated rings. The molecule has 34 heavy (non-hydrogen) atoms. The summed E-state index contributed by atoms with van der Waals surface area (Å²) in [6, 6.07) is 17.6. The molecule has 6 atom stereocenters. The fourth-order valence-electron chi connectivity index (χ4n) is 4.27. The summed E-state index contributed by atoms with van der Waals surface area (Å²) in [5.41, 5.74) is 1.25. The van der Waals surface area contributed by atoms with Crippen molar-refractivity contribution in [3.63, 3.8) is 0 Å². The Bertz CT molecular complexity index is 1260. The first-order chi connectivity index (χ1) is 16.4. The van der Waals surface area contributed by atoms with Crippen molar-refractivity contribution >= 4 is 11.8 Å². The number of hydrogen-bond donors (Lipinski definition) is 2. The van der Waals surface area contributed by atoms with Gasteiger partial charge in [0.25, 0.3) is 5.56 Å². The van der Waals surface area contributed by atoms with Gasteiger partial charge < -0.3 is 19.3 Å². The second kappa shape index (κ2) is 9.52. The van der Waals surface area contributed by atoms with Crippen molar-refractivity contribution in [1.29, 1.82) is 0 Å². The van der Waals surface area contributed by atoms with Crippen LogP contribution in [0.5, 0.6) is 0 Å². The molecule has 5 rings (SSSR count). The maximum Gasteiger partial charge on any atom is 0.330 e. The molecule has 1 aromatic heterocycles. The van der Waals surface area contributed by atoms with Gasteiger partial charge in [-0.05, 0) is 26.0 Å². The van der Waals surface area contributed by atoms with Gasteiger partial charge in [0.2, 0.25) is 0 Å². The minimum absolute atomic E-state index is 0.232. The summed E-state index contributed by atoms with van der Waals surface area (Å²) in [6.07, 6.45) is -2.28. The predicted octanol–water partition coefficient (Wildman–Crippen LogP) is 2.69. The number of aliphatic hydroxyl groups is 1. The molecule has 2 aliphatic heterocycles. The van der Waals surface area contributed by atoms with E-state index >= 15 is 0 Å². The highest BCUT2D eigenvalue weighted by molar-refractivity contribution is 8.00. The quantitative estimate of drug-likeness (QED) is 0.589. The van der Waals surface area contributed by atoms with Crippen LogP contribution in [0.15, 0.2) is 75.3 Å². The molecule has 8 nitrogen and oxygen atoms in total. The largest absolute Gasteiger partial charge is 0.387 e. The number of H-pyrrole nitrogens is 1. The molecule has 0 saturated carbocycles. The van der Waals surface area contributed by atoms with Crippen LogP contribution < -0.4 is 11.2 Å². The number of fused-ring (bicyclic) bond motifs is 1. The molecular weight excluding hydrogens is 456 g/mol. The number of rotatable bonds is 4. The zero-order valence-corrected chi connectivity index (χ0v) is 19.6. The van der Waals surface area contributed by atoms with Crippen LogP contribution in [0.1, 0.15) is 29.2 Å². The third-order valence-electron chi connectivity index (χ3n) is 6.11. The summed E-state index contributed by atoms with van der Waals surface area (Å²) in [5.74, 6) is 0. The SMILES string of the molecule is Cc1ccc(S[C@H]2[C@@H](O)[C@H](n3cc(C)c(=O)[nH]c3=O)O[C@@H]3COC(c4ccccc4)O[C@@H]23)cc1. The summed E-state index contributed by atoms with van der Waals surface area (Å²) < 4.78 is 19.7. The number of aryl methyl sites for hydroxylation is 2. The third kappa shape index (κ3) is 4.49. The van der Waals surface area contributed by atoms with Crippen molar-refractivity contribution < 1.29 is 19.3 Å². The molecule has 2 aliphatic rings. The summed E-state index contributed by atoms with van der Waals surface area (Å²) in [7, 11) is 0. The van der Waals surface area contributed by atoms with Gasteiger partial charge in [-0.25, -0.2) is 4.79 Å². The molecule has 0 spiro atoms. The summed E-state index contributed by atoms with van der Waals surface area (Å²) in [5, 5.41) is 11.0. The molecule has 2 aromatic carbocycles. The third-order valence-corrected chi connectivity index (χ3v) is 7.47. The van der Waals surface area contributed by atoms with Crippen LogP contribution in [-0.2, 0) is 14.2 Å². The molecule has 0 aliphatic carbocycles. The number of thioether (sulfide) groups is 1. The number of aromatic nitrogens is 2. The first-order valence-electron chi connectivity index (χ1n) is 11.1. The highest BCUT2D eigenvalue weighted by atomic mass is 32.2. The lowest BCUT2D eigenvalue weighted by Crippen LogP contribution is -2.60.